The van der Waals surface area contributed by atoms with Crippen molar-refractivity contribution in [2.45, 2.75) is 70.4 Å². The summed E-state index contributed by atoms with van der Waals surface area (Å²) in [4.78, 5) is 10.9. The van der Waals surface area contributed by atoms with Crippen LogP contribution in [0, 0.1) is 11.5 Å². The van der Waals surface area contributed by atoms with Gasteiger partial charge in [0.05, 0.1) is 0 Å². The Morgan fingerprint density at radius 1 is 1.28 bits per heavy atom. The summed E-state index contributed by atoms with van der Waals surface area (Å²) < 4.78 is 0. The number of rotatable bonds is 2. The Bertz CT molecular complexity index is 370. The van der Waals surface area contributed by atoms with E-state index in [4.69, 9.17) is 9.78 Å². The van der Waals surface area contributed by atoms with Crippen molar-refractivity contribution in [3.63, 3.8) is 0 Å². The molecule has 1 heterocycles. The van der Waals surface area contributed by atoms with Gasteiger partial charge in [-0.3, -0.25) is 0 Å². The van der Waals surface area contributed by atoms with E-state index in [0.29, 0.717) is 0 Å². The molecule has 0 N–H and O–H groups in total. The number of hydrogen-bond donors (Lipinski definition) is 0. The summed E-state index contributed by atoms with van der Waals surface area (Å²) in [5.74, 6) is 3.29. The van der Waals surface area contributed by atoms with E-state index in [9.17, 15) is 0 Å². The first-order valence-electron chi connectivity index (χ1n) is 7.07. The molecule has 0 bridgehead atoms. The second-order valence-corrected chi connectivity index (χ2v) is 11.0. The molecule has 1 saturated carbocycles. The highest BCUT2D eigenvalue weighted by Gasteiger charge is 2.26. The second kappa shape index (κ2) is 6.05. The maximum absolute atomic E-state index is 5.48. The van der Waals surface area contributed by atoms with Crippen LogP contribution < -0.4 is 0 Å². The lowest BCUT2D eigenvalue weighted by atomic mass is 9.90. The fourth-order valence-corrected chi connectivity index (χ4v) is 3.04. The first kappa shape index (κ1) is 13.9. The highest BCUT2D eigenvalue weighted by Crippen LogP contribution is 2.31. The lowest BCUT2D eigenvalue weighted by Gasteiger charge is -2.31. The molecular formula is C15H24O2Si. The minimum Gasteiger partial charge on any atom is -0.229 e. The third kappa shape index (κ3) is 4.27. The SMILES string of the molecule is C[Si](C)(C)C#CCCC1C=C2CCCCC2OO1. The van der Waals surface area contributed by atoms with Crippen LogP contribution in [0.5, 0.6) is 0 Å². The molecule has 100 valence electrons. The lowest BCUT2D eigenvalue weighted by molar-refractivity contribution is -0.345. The topological polar surface area (TPSA) is 18.5 Å². The van der Waals surface area contributed by atoms with Crippen LogP contribution in [0.4, 0.5) is 0 Å². The summed E-state index contributed by atoms with van der Waals surface area (Å²) in [7, 11) is -1.22. The Balaban J connectivity index is 1.82. The number of fused-ring (bicyclic) bond motifs is 1. The van der Waals surface area contributed by atoms with Crippen LogP contribution in [0.25, 0.3) is 0 Å². The molecule has 2 unspecified atom stereocenters. The van der Waals surface area contributed by atoms with E-state index < -0.39 is 8.07 Å². The molecule has 1 fully saturated rings. The zero-order valence-electron chi connectivity index (χ0n) is 11.8. The van der Waals surface area contributed by atoms with E-state index in [1.165, 1.54) is 24.8 Å². The molecule has 0 radical (unpaired) electrons. The summed E-state index contributed by atoms with van der Waals surface area (Å²) in [6.07, 6.45) is 9.36. The Morgan fingerprint density at radius 2 is 2.11 bits per heavy atom. The van der Waals surface area contributed by atoms with Crippen LogP contribution in [-0.4, -0.2) is 20.3 Å². The molecule has 0 amide bonds. The maximum Gasteiger partial charge on any atom is 0.129 e. The van der Waals surface area contributed by atoms with Crippen molar-refractivity contribution in [2.75, 3.05) is 0 Å². The molecule has 1 aliphatic carbocycles. The van der Waals surface area contributed by atoms with Gasteiger partial charge in [0.25, 0.3) is 0 Å². The molecule has 3 heteroatoms. The molecule has 1 aliphatic heterocycles. The van der Waals surface area contributed by atoms with Crippen LogP contribution in [-0.2, 0) is 9.78 Å². The van der Waals surface area contributed by atoms with Gasteiger partial charge in [-0.25, -0.2) is 9.78 Å². The highest BCUT2D eigenvalue weighted by atomic mass is 28.3. The average Bonchev–Trinajstić information content (AvgIpc) is 2.33. The predicted octanol–water partition coefficient (Wildman–Crippen LogP) is 3.85. The summed E-state index contributed by atoms with van der Waals surface area (Å²) in [5, 5.41) is 0. The van der Waals surface area contributed by atoms with Crippen LogP contribution in [0.2, 0.25) is 19.6 Å². The first-order valence-corrected chi connectivity index (χ1v) is 10.6. The van der Waals surface area contributed by atoms with Crippen LogP contribution in [0.3, 0.4) is 0 Å². The van der Waals surface area contributed by atoms with Gasteiger partial charge in [-0.2, -0.15) is 0 Å². The monoisotopic (exact) mass is 264 g/mol. The molecule has 0 aromatic rings. The van der Waals surface area contributed by atoms with Crippen LogP contribution in [0.15, 0.2) is 11.6 Å². The Kier molecular flexibility index (Phi) is 4.66. The van der Waals surface area contributed by atoms with Gasteiger partial charge >= 0.3 is 0 Å². The van der Waals surface area contributed by atoms with Gasteiger partial charge in [0.2, 0.25) is 0 Å². The third-order valence-corrected chi connectivity index (χ3v) is 4.23. The molecule has 2 atom stereocenters. The van der Waals surface area contributed by atoms with E-state index >= 15 is 0 Å². The van der Waals surface area contributed by atoms with Crippen molar-refractivity contribution >= 4 is 8.07 Å². The van der Waals surface area contributed by atoms with Gasteiger partial charge in [-0.05, 0) is 31.3 Å². The van der Waals surface area contributed by atoms with Gasteiger partial charge in [0.1, 0.15) is 20.3 Å². The van der Waals surface area contributed by atoms with Gasteiger partial charge in [-0.15, -0.1) is 11.5 Å². The zero-order valence-corrected chi connectivity index (χ0v) is 12.8. The summed E-state index contributed by atoms with van der Waals surface area (Å²) >= 11 is 0. The number of hydrogen-bond acceptors (Lipinski definition) is 2. The Labute approximate surface area is 112 Å². The van der Waals surface area contributed by atoms with Crippen molar-refractivity contribution in [1.82, 2.24) is 0 Å². The molecule has 2 nitrogen and oxygen atoms in total. The van der Waals surface area contributed by atoms with E-state index in [-0.39, 0.29) is 12.2 Å². The van der Waals surface area contributed by atoms with E-state index in [0.717, 1.165) is 19.3 Å². The highest BCUT2D eigenvalue weighted by molar-refractivity contribution is 6.83. The molecule has 18 heavy (non-hydrogen) atoms. The standard InChI is InChI=1S/C15H24O2Si/c1-18(2,3)11-7-6-9-14-12-13-8-4-5-10-15(13)17-16-14/h12,14-15H,4-6,8-10H2,1-3H3. The van der Waals surface area contributed by atoms with Crippen molar-refractivity contribution in [1.29, 1.82) is 0 Å². The van der Waals surface area contributed by atoms with Gasteiger partial charge < -0.3 is 0 Å². The molecule has 2 rings (SSSR count). The van der Waals surface area contributed by atoms with E-state index in [1.807, 2.05) is 0 Å². The average molecular weight is 264 g/mol. The Hall–Kier alpha value is -0.563. The van der Waals surface area contributed by atoms with E-state index in [1.54, 1.807) is 0 Å². The molecule has 0 spiro atoms. The quantitative estimate of drug-likeness (QED) is 0.326. The van der Waals surface area contributed by atoms with Crippen molar-refractivity contribution in [3.8, 4) is 11.5 Å². The Morgan fingerprint density at radius 3 is 2.89 bits per heavy atom. The largest absolute Gasteiger partial charge is 0.229 e. The minimum atomic E-state index is -1.22. The minimum absolute atomic E-state index is 0.116. The second-order valence-electron chi connectivity index (χ2n) is 6.30. The fourth-order valence-electron chi connectivity index (χ4n) is 2.38. The van der Waals surface area contributed by atoms with Crippen LogP contribution >= 0.6 is 0 Å². The molecular weight excluding hydrogens is 240 g/mol. The van der Waals surface area contributed by atoms with Crippen LogP contribution in [0.1, 0.15) is 38.5 Å². The van der Waals surface area contributed by atoms with Crippen molar-refractivity contribution < 1.29 is 9.78 Å². The fraction of sp³-hybridized carbons (Fsp3) is 0.733. The van der Waals surface area contributed by atoms with Gasteiger partial charge in [0.15, 0.2) is 0 Å². The molecule has 0 aromatic carbocycles. The smallest absolute Gasteiger partial charge is 0.129 e. The normalized spacial score (nSPS) is 27.8. The maximum atomic E-state index is 5.48. The molecule has 0 aromatic heterocycles. The zero-order chi connectivity index (χ0) is 13.0. The van der Waals surface area contributed by atoms with E-state index in [2.05, 4.69) is 37.2 Å². The van der Waals surface area contributed by atoms with Crippen molar-refractivity contribution in [2.24, 2.45) is 0 Å². The van der Waals surface area contributed by atoms with Gasteiger partial charge in [0, 0.05) is 6.42 Å². The third-order valence-electron chi connectivity index (χ3n) is 3.31. The predicted molar refractivity (Wildman–Crippen MR) is 76.7 cm³/mol. The summed E-state index contributed by atoms with van der Waals surface area (Å²) in [6.45, 7) is 6.82. The molecule has 0 saturated heterocycles. The van der Waals surface area contributed by atoms with Crippen molar-refractivity contribution in [3.05, 3.63) is 11.6 Å². The lowest BCUT2D eigenvalue weighted by Crippen LogP contribution is -2.29. The summed E-state index contributed by atoms with van der Waals surface area (Å²) in [5.41, 5.74) is 4.84. The first-order chi connectivity index (χ1) is 8.54. The molecule has 2 aliphatic rings. The van der Waals surface area contributed by atoms with Gasteiger partial charge in [-0.1, -0.05) is 32.1 Å². The summed E-state index contributed by atoms with van der Waals surface area (Å²) in [6, 6.07) is 0.